The summed E-state index contributed by atoms with van der Waals surface area (Å²) in [5, 5.41) is 9.37. The molecule has 6 heteroatoms. The first-order valence-electron chi connectivity index (χ1n) is 5.65. The first-order chi connectivity index (χ1) is 9.38. The predicted octanol–water partition coefficient (Wildman–Crippen LogP) is 4.48. The van der Waals surface area contributed by atoms with Gasteiger partial charge in [0.25, 0.3) is 0 Å². The molecule has 0 aliphatic carbocycles. The Morgan fingerprint density at radius 3 is 2.70 bits per heavy atom. The van der Waals surface area contributed by atoms with E-state index in [1.54, 1.807) is 6.07 Å². The standard InChI is InChI=1S/C14H11BrClNO3/c1-7-2-3-8(15)4-12(7)20-13-10(14(18)19)5-9(17)6-11(13)16/h2-6H,17H2,1H3,(H,18,19). The Morgan fingerprint density at radius 1 is 1.35 bits per heavy atom. The van der Waals surface area contributed by atoms with E-state index in [0.717, 1.165) is 10.0 Å². The van der Waals surface area contributed by atoms with Crippen LogP contribution in [0.3, 0.4) is 0 Å². The minimum absolute atomic E-state index is 0.0747. The maximum atomic E-state index is 11.3. The van der Waals surface area contributed by atoms with Gasteiger partial charge in [0.15, 0.2) is 5.75 Å². The molecule has 2 aromatic carbocycles. The van der Waals surface area contributed by atoms with Gasteiger partial charge in [-0.15, -0.1) is 0 Å². The lowest BCUT2D eigenvalue weighted by molar-refractivity contribution is 0.0694. The van der Waals surface area contributed by atoms with Gasteiger partial charge in [-0.3, -0.25) is 0 Å². The van der Waals surface area contributed by atoms with Crippen LogP contribution in [0.5, 0.6) is 11.5 Å². The summed E-state index contributed by atoms with van der Waals surface area (Å²) in [5.41, 5.74) is 6.66. The smallest absolute Gasteiger partial charge is 0.339 e. The Morgan fingerprint density at radius 2 is 2.05 bits per heavy atom. The van der Waals surface area contributed by atoms with E-state index in [2.05, 4.69) is 15.9 Å². The topological polar surface area (TPSA) is 72.5 Å². The largest absolute Gasteiger partial charge is 0.478 e. The molecule has 0 saturated heterocycles. The van der Waals surface area contributed by atoms with E-state index < -0.39 is 5.97 Å². The van der Waals surface area contributed by atoms with Crippen molar-refractivity contribution in [1.82, 2.24) is 0 Å². The minimum Gasteiger partial charge on any atom is -0.478 e. The molecule has 0 aromatic heterocycles. The molecule has 2 aromatic rings. The maximum Gasteiger partial charge on any atom is 0.339 e. The van der Waals surface area contributed by atoms with Crippen molar-refractivity contribution in [2.45, 2.75) is 6.92 Å². The predicted molar refractivity (Wildman–Crippen MR) is 81.8 cm³/mol. The van der Waals surface area contributed by atoms with Crippen LogP contribution in [-0.2, 0) is 0 Å². The summed E-state index contributed by atoms with van der Waals surface area (Å²) in [7, 11) is 0. The average Bonchev–Trinajstić information content (AvgIpc) is 2.36. The molecule has 2 rings (SSSR count). The molecule has 4 nitrogen and oxygen atoms in total. The molecular formula is C14H11BrClNO3. The SMILES string of the molecule is Cc1ccc(Br)cc1Oc1c(Cl)cc(N)cc1C(=O)O. The van der Waals surface area contributed by atoms with Gasteiger partial charge in [0.1, 0.15) is 11.3 Å². The third-order valence-corrected chi connectivity index (χ3v) is 3.43. The number of hydrogen-bond donors (Lipinski definition) is 2. The van der Waals surface area contributed by atoms with E-state index in [4.69, 9.17) is 22.1 Å². The van der Waals surface area contributed by atoms with Gasteiger partial charge in [-0.25, -0.2) is 4.79 Å². The van der Waals surface area contributed by atoms with Crippen LogP contribution in [0.4, 0.5) is 5.69 Å². The van der Waals surface area contributed by atoms with Gasteiger partial charge in [-0.2, -0.15) is 0 Å². The number of carboxylic acid groups (broad SMARTS) is 1. The van der Waals surface area contributed by atoms with E-state index in [-0.39, 0.29) is 22.0 Å². The zero-order chi connectivity index (χ0) is 14.9. The molecule has 0 amide bonds. The van der Waals surface area contributed by atoms with Gasteiger partial charge in [-0.1, -0.05) is 33.6 Å². The highest BCUT2D eigenvalue weighted by atomic mass is 79.9. The number of carboxylic acids is 1. The van der Waals surface area contributed by atoms with Crippen molar-refractivity contribution < 1.29 is 14.6 Å². The van der Waals surface area contributed by atoms with Crippen LogP contribution >= 0.6 is 27.5 Å². The van der Waals surface area contributed by atoms with Crippen LogP contribution in [0.2, 0.25) is 5.02 Å². The van der Waals surface area contributed by atoms with Crippen molar-refractivity contribution in [3.05, 3.63) is 51.0 Å². The second kappa shape index (κ2) is 5.73. The second-order valence-corrected chi connectivity index (χ2v) is 5.52. The Kier molecular flexibility index (Phi) is 4.20. The maximum absolute atomic E-state index is 11.3. The summed E-state index contributed by atoms with van der Waals surface area (Å²) in [6, 6.07) is 8.23. The normalized spacial score (nSPS) is 10.3. The van der Waals surface area contributed by atoms with Crippen molar-refractivity contribution in [3.8, 4) is 11.5 Å². The lowest BCUT2D eigenvalue weighted by atomic mass is 10.1. The molecule has 0 radical (unpaired) electrons. The Hall–Kier alpha value is -1.72. The lowest BCUT2D eigenvalue weighted by Gasteiger charge is -2.13. The Balaban J connectivity index is 2.53. The number of aromatic carboxylic acids is 1. The van der Waals surface area contributed by atoms with Crippen LogP contribution in [-0.4, -0.2) is 11.1 Å². The molecule has 0 saturated carbocycles. The number of carbonyl (C=O) groups is 1. The fourth-order valence-electron chi connectivity index (χ4n) is 1.67. The number of anilines is 1. The molecule has 0 aliphatic heterocycles. The number of hydrogen-bond acceptors (Lipinski definition) is 3. The van der Waals surface area contributed by atoms with Crippen molar-refractivity contribution in [1.29, 1.82) is 0 Å². The van der Waals surface area contributed by atoms with Crippen molar-refractivity contribution in [2.24, 2.45) is 0 Å². The van der Waals surface area contributed by atoms with Gasteiger partial charge >= 0.3 is 5.97 Å². The third kappa shape index (κ3) is 3.05. The first kappa shape index (κ1) is 14.7. The Labute approximate surface area is 129 Å². The lowest BCUT2D eigenvalue weighted by Crippen LogP contribution is -2.03. The molecular weight excluding hydrogens is 346 g/mol. The van der Waals surface area contributed by atoms with Gasteiger partial charge in [0.05, 0.1) is 5.02 Å². The number of nitrogen functional groups attached to an aromatic ring is 1. The highest BCUT2D eigenvalue weighted by Crippen LogP contribution is 2.37. The minimum atomic E-state index is -1.15. The van der Waals surface area contributed by atoms with Crippen LogP contribution < -0.4 is 10.5 Å². The molecule has 0 heterocycles. The number of aryl methyl sites for hydroxylation is 1. The monoisotopic (exact) mass is 355 g/mol. The summed E-state index contributed by atoms with van der Waals surface area (Å²) < 4.78 is 6.49. The van der Waals surface area contributed by atoms with Crippen LogP contribution in [0.25, 0.3) is 0 Å². The van der Waals surface area contributed by atoms with Gasteiger partial charge < -0.3 is 15.6 Å². The average molecular weight is 357 g/mol. The zero-order valence-corrected chi connectivity index (χ0v) is 12.8. The van der Waals surface area contributed by atoms with E-state index in [0.29, 0.717) is 5.75 Å². The molecule has 0 fully saturated rings. The number of benzene rings is 2. The van der Waals surface area contributed by atoms with Crippen LogP contribution in [0.15, 0.2) is 34.8 Å². The summed E-state index contributed by atoms with van der Waals surface area (Å²) in [6.45, 7) is 1.85. The van der Waals surface area contributed by atoms with Crippen LogP contribution in [0.1, 0.15) is 15.9 Å². The van der Waals surface area contributed by atoms with E-state index in [1.807, 2.05) is 19.1 Å². The second-order valence-electron chi connectivity index (χ2n) is 4.20. The van der Waals surface area contributed by atoms with E-state index >= 15 is 0 Å². The number of halogens is 2. The molecule has 0 atom stereocenters. The fourth-order valence-corrected chi connectivity index (χ4v) is 2.28. The molecule has 104 valence electrons. The first-order valence-corrected chi connectivity index (χ1v) is 6.82. The molecule has 0 bridgehead atoms. The summed E-state index contributed by atoms with van der Waals surface area (Å²) >= 11 is 9.38. The summed E-state index contributed by atoms with van der Waals surface area (Å²) in [6.07, 6.45) is 0. The fraction of sp³-hybridized carbons (Fsp3) is 0.0714. The highest BCUT2D eigenvalue weighted by Gasteiger charge is 2.18. The highest BCUT2D eigenvalue weighted by molar-refractivity contribution is 9.10. The number of rotatable bonds is 3. The van der Waals surface area contributed by atoms with Gasteiger partial charge in [-0.05, 0) is 36.8 Å². The summed E-state index contributed by atoms with van der Waals surface area (Å²) in [5.74, 6) is -0.551. The van der Waals surface area contributed by atoms with E-state index in [1.165, 1.54) is 12.1 Å². The van der Waals surface area contributed by atoms with Crippen molar-refractivity contribution >= 4 is 39.2 Å². The van der Waals surface area contributed by atoms with E-state index in [9.17, 15) is 9.90 Å². The third-order valence-electron chi connectivity index (χ3n) is 2.66. The number of nitrogens with two attached hydrogens (primary N) is 1. The van der Waals surface area contributed by atoms with Crippen molar-refractivity contribution in [3.63, 3.8) is 0 Å². The van der Waals surface area contributed by atoms with Gasteiger partial charge in [0.2, 0.25) is 0 Å². The molecule has 0 unspecified atom stereocenters. The zero-order valence-electron chi connectivity index (χ0n) is 10.5. The molecule has 0 spiro atoms. The molecule has 0 aliphatic rings. The quantitative estimate of drug-likeness (QED) is 0.795. The molecule has 3 N–H and O–H groups in total. The number of ether oxygens (including phenoxy) is 1. The molecule has 20 heavy (non-hydrogen) atoms. The van der Waals surface area contributed by atoms with Crippen molar-refractivity contribution in [2.75, 3.05) is 5.73 Å². The van der Waals surface area contributed by atoms with Gasteiger partial charge in [0, 0.05) is 10.2 Å². The summed E-state index contributed by atoms with van der Waals surface area (Å²) in [4.78, 5) is 11.3. The Bertz CT molecular complexity index is 688. The van der Waals surface area contributed by atoms with Crippen LogP contribution in [0, 0.1) is 6.92 Å².